The van der Waals surface area contributed by atoms with E-state index < -0.39 is 72.3 Å². The summed E-state index contributed by atoms with van der Waals surface area (Å²) in [7, 11) is -9.73. The molecule has 0 amide bonds. The van der Waals surface area contributed by atoms with Crippen LogP contribution in [0.3, 0.4) is 0 Å². The minimum absolute atomic E-state index is 0.0179. The Hall–Kier alpha value is -3.00. The van der Waals surface area contributed by atoms with Gasteiger partial charge < -0.3 is 34.4 Å². The fraction of sp³-hybridized carbons (Fsp3) is 0.609. The molecule has 0 saturated heterocycles. The zero-order valence-corrected chi connectivity index (χ0v) is 38.8. The van der Waals surface area contributed by atoms with E-state index in [2.05, 4.69) is 59.4 Å². The van der Waals surface area contributed by atoms with Crippen molar-refractivity contribution < 1.29 is 66.7 Å². The lowest BCUT2D eigenvalue weighted by Gasteiger charge is -2.20. The molecule has 0 radical (unpaired) electrons. The lowest BCUT2D eigenvalue weighted by molar-refractivity contribution is -0.161. The first-order valence-corrected chi connectivity index (χ1v) is 25.1. The predicted octanol–water partition coefficient (Wildman–Crippen LogP) is 10.3. The van der Waals surface area contributed by atoms with Crippen LogP contribution in [0.4, 0.5) is 0 Å². The molecule has 0 heterocycles. The van der Waals surface area contributed by atoms with Crippen LogP contribution in [-0.2, 0) is 41.8 Å². The van der Waals surface area contributed by atoms with Gasteiger partial charge in [0.25, 0.3) is 0 Å². The fourth-order valence-electron chi connectivity index (χ4n) is 5.19. The molecule has 354 valence electrons. The van der Waals surface area contributed by atoms with Crippen LogP contribution < -0.4 is 0 Å². The van der Waals surface area contributed by atoms with Crippen LogP contribution in [0.15, 0.2) is 97.2 Å². The van der Waals surface area contributed by atoms with Gasteiger partial charge >= 0.3 is 27.6 Å². The van der Waals surface area contributed by atoms with Crippen molar-refractivity contribution in [3.63, 3.8) is 0 Å². The number of hydrogen-bond donors (Lipinski definition) is 5. The second-order valence-corrected chi connectivity index (χ2v) is 17.1. The van der Waals surface area contributed by atoms with Crippen molar-refractivity contribution in [3.05, 3.63) is 97.2 Å². The van der Waals surface area contributed by atoms with Crippen molar-refractivity contribution in [1.82, 2.24) is 0 Å². The van der Waals surface area contributed by atoms with E-state index >= 15 is 0 Å². The number of hydrogen-bond acceptors (Lipinski definition) is 11. The van der Waals surface area contributed by atoms with Crippen molar-refractivity contribution in [2.24, 2.45) is 0 Å². The molecule has 5 N–H and O–H groups in total. The van der Waals surface area contributed by atoms with Crippen LogP contribution in [0.1, 0.15) is 136 Å². The summed E-state index contributed by atoms with van der Waals surface area (Å²) in [4.78, 5) is 52.7. The van der Waals surface area contributed by atoms with Crippen LogP contribution in [0.25, 0.3) is 0 Å². The molecule has 0 bridgehead atoms. The standard InChI is InChI=1S/C46H76O14P2/c1-3-5-7-8-9-10-11-12-13-16-19-22-25-28-32-36-45(49)56-40-44(41-59-62(54,55)58-39-43(48)38-57-61(51,52)53)60-46(50)37-33-29-26-23-20-17-14-15-18-21-24-27-31-35-42(47)34-30-6-4-2/h6,9-10,12-13,15,17-18,20,24,26-27,29-31,35,42-44,47-48H,3-5,7-8,11,14,16,19,21-23,25,28,32-34,36-41H2,1-2H3,(H,54,55)(H2,51,52,53)/b10-9-,13-12-,18-15-,20-17-,27-24+,29-26-,30-6-,35-31+/t42?,43-,44+/m0/s1. The Balaban J connectivity index is 4.72. The van der Waals surface area contributed by atoms with Gasteiger partial charge in [-0.1, -0.05) is 143 Å². The topological polar surface area (TPSA) is 216 Å². The highest BCUT2D eigenvalue weighted by molar-refractivity contribution is 7.47. The Kier molecular flexibility index (Phi) is 38.8. The molecule has 2 unspecified atom stereocenters. The Bertz CT molecular complexity index is 1480. The van der Waals surface area contributed by atoms with E-state index in [0.29, 0.717) is 25.7 Å². The first-order valence-electron chi connectivity index (χ1n) is 22.0. The normalized spacial score (nSPS) is 15.4. The maximum atomic E-state index is 12.6. The van der Waals surface area contributed by atoms with E-state index in [1.54, 1.807) is 6.08 Å². The Labute approximate surface area is 371 Å². The first-order chi connectivity index (χ1) is 29.8. The van der Waals surface area contributed by atoms with Crippen LogP contribution in [0.2, 0.25) is 0 Å². The Morgan fingerprint density at radius 3 is 1.73 bits per heavy atom. The molecule has 0 aliphatic rings. The molecular weight excluding hydrogens is 838 g/mol. The number of phosphoric acid groups is 2. The van der Waals surface area contributed by atoms with Gasteiger partial charge in [0.15, 0.2) is 6.10 Å². The van der Waals surface area contributed by atoms with Gasteiger partial charge in [-0.25, -0.2) is 9.13 Å². The van der Waals surface area contributed by atoms with Crippen LogP contribution in [0, 0.1) is 0 Å². The molecular formula is C46H76O14P2. The molecule has 0 spiro atoms. The van der Waals surface area contributed by atoms with Crippen molar-refractivity contribution in [2.45, 2.75) is 154 Å². The summed E-state index contributed by atoms with van der Waals surface area (Å²) < 4.78 is 47.6. The minimum Gasteiger partial charge on any atom is -0.462 e. The maximum absolute atomic E-state index is 12.6. The van der Waals surface area contributed by atoms with Gasteiger partial charge in [0.1, 0.15) is 12.7 Å². The molecule has 0 aromatic heterocycles. The highest BCUT2D eigenvalue weighted by atomic mass is 31.2. The summed E-state index contributed by atoms with van der Waals surface area (Å²) in [6.45, 7) is 1.40. The molecule has 4 atom stereocenters. The molecule has 0 saturated carbocycles. The molecule has 62 heavy (non-hydrogen) atoms. The third kappa shape index (κ3) is 43.6. The highest BCUT2D eigenvalue weighted by Gasteiger charge is 2.28. The van der Waals surface area contributed by atoms with Gasteiger partial charge in [0.05, 0.1) is 25.9 Å². The lowest BCUT2D eigenvalue weighted by atomic mass is 10.1. The average Bonchev–Trinajstić information content (AvgIpc) is 3.23. The predicted molar refractivity (Wildman–Crippen MR) is 245 cm³/mol. The monoisotopic (exact) mass is 914 g/mol. The van der Waals surface area contributed by atoms with Gasteiger partial charge in [0, 0.05) is 12.8 Å². The van der Waals surface area contributed by atoms with Crippen molar-refractivity contribution in [1.29, 1.82) is 0 Å². The van der Waals surface area contributed by atoms with E-state index in [-0.39, 0.29) is 12.8 Å². The number of esters is 2. The summed E-state index contributed by atoms with van der Waals surface area (Å²) in [5.41, 5.74) is 0. The van der Waals surface area contributed by atoms with E-state index in [1.165, 1.54) is 19.3 Å². The molecule has 14 nitrogen and oxygen atoms in total. The van der Waals surface area contributed by atoms with Gasteiger partial charge in [-0.3, -0.25) is 23.2 Å². The number of unbranched alkanes of at least 4 members (excludes halogenated alkanes) is 8. The number of aliphatic hydroxyl groups excluding tert-OH is 2. The van der Waals surface area contributed by atoms with Gasteiger partial charge in [-0.2, -0.15) is 0 Å². The maximum Gasteiger partial charge on any atom is 0.472 e. The summed E-state index contributed by atoms with van der Waals surface area (Å²) in [5.74, 6) is -1.18. The zero-order chi connectivity index (χ0) is 46.0. The molecule has 0 aromatic rings. The SMILES string of the molecule is CC/C=C\CC(O)/C=C/C=C/C/C=C\C/C=C\C/C=C\CCC(=O)O[C@H](COC(=O)CCCCCCC/C=C\C/C=C\CCCCC)COP(=O)(O)OC[C@@H](O)COP(=O)(O)O. The van der Waals surface area contributed by atoms with Gasteiger partial charge in [-0.15, -0.1) is 0 Å². The van der Waals surface area contributed by atoms with Crippen molar-refractivity contribution in [2.75, 3.05) is 26.4 Å². The van der Waals surface area contributed by atoms with E-state index in [0.717, 1.165) is 64.2 Å². The molecule has 0 aliphatic carbocycles. The number of phosphoric ester groups is 2. The number of rotatable bonds is 40. The van der Waals surface area contributed by atoms with E-state index in [1.807, 2.05) is 54.7 Å². The number of carbonyl (C=O) groups excluding carboxylic acids is 2. The summed E-state index contributed by atoms with van der Waals surface area (Å²) >= 11 is 0. The number of aliphatic hydroxyl groups is 2. The molecule has 0 aromatic carbocycles. The largest absolute Gasteiger partial charge is 0.472 e. The highest BCUT2D eigenvalue weighted by Crippen LogP contribution is 2.43. The quantitative estimate of drug-likeness (QED) is 0.0127. The zero-order valence-electron chi connectivity index (χ0n) is 37.0. The number of carbonyl (C=O) groups is 2. The van der Waals surface area contributed by atoms with E-state index in [9.17, 15) is 33.8 Å². The minimum atomic E-state index is -4.88. The number of allylic oxidation sites excluding steroid dienone is 14. The fourth-order valence-corrected chi connectivity index (χ4v) is 6.35. The molecule has 0 rings (SSSR count). The third-order valence-electron chi connectivity index (χ3n) is 8.54. The molecule has 0 fully saturated rings. The van der Waals surface area contributed by atoms with Crippen LogP contribution >= 0.6 is 15.6 Å². The molecule has 16 heteroatoms. The molecule has 0 aliphatic heterocycles. The van der Waals surface area contributed by atoms with Crippen molar-refractivity contribution >= 4 is 27.6 Å². The van der Waals surface area contributed by atoms with Crippen molar-refractivity contribution in [3.8, 4) is 0 Å². The Morgan fingerprint density at radius 2 is 1.10 bits per heavy atom. The van der Waals surface area contributed by atoms with Gasteiger partial charge in [-0.05, 0) is 77.0 Å². The summed E-state index contributed by atoms with van der Waals surface area (Å²) in [6, 6.07) is 0. The summed E-state index contributed by atoms with van der Waals surface area (Å²) in [6.07, 6.45) is 44.5. The Morgan fingerprint density at radius 1 is 0.548 bits per heavy atom. The lowest BCUT2D eigenvalue weighted by Crippen LogP contribution is -2.29. The summed E-state index contributed by atoms with van der Waals surface area (Å²) in [5, 5.41) is 19.6. The van der Waals surface area contributed by atoms with Gasteiger partial charge in [0.2, 0.25) is 0 Å². The van der Waals surface area contributed by atoms with E-state index in [4.69, 9.17) is 23.8 Å². The number of ether oxygens (including phenoxy) is 2. The first kappa shape index (κ1) is 59.0. The average molecular weight is 915 g/mol. The second kappa shape index (κ2) is 40.8. The van der Waals surface area contributed by atoms with Crippen LogP contribution in [0.5, 0.6) is 0 Å². The third-order valence-corrected chi connectivity index (χ3v) is 9.98. The van der Waals surface area contributed by atoms with Crippen LogP contribution in [-0.4, -0.2) is 81.6 Å². The second-order valence-electron chi connectivity index (χ2n) is 14.4. The smallest absolute Gasteiger partial charge is 0.462 e.